The summed E-state index contributed by atoms with van der Waals surface area (Å²) in [5.74, 6) is 0.320. The van der Waals surface area contributed by atoms with Gasteiger partial charge in [-0.15, -0.1) is 0 Å². The van der Waals surface area contributed by atoms with E-state index < -0.39 is 6.04 Å². The molecule has 5 nitrogen and oxygen atoms in total. The van der Waals surface area contributed by atoms with E-state index in [-0.39, 0.29) is 11.8 Å². The van der Waals surface area contributed by atoms with Gasteiger partial charge >= 0.3 is 0 Å². The minimum Gasteiger partial charge on any atom is -0.497 e. The lowest BCUT2D eigenvalue weighted by atomic mass is 10.2. The number of nitrogens with one attached hydrogen (secondary N) is 1. The first kappa shape index (κ1) is 20.2. The standard InChI is InChI=1S/C21H20Cl2N2O3/c1-28-15-7-5-14(6-8-15)13-25-12-11-19(21(25)27)24-20(26)10-9-16-17(22)3-2-4-18(16)23/h2-10,19H,11-13H2,1H3,(H,24,26). The third kappa shape index (κ3) is 4.86. The van der Waals surface area contributed by atoms with Crippen molar-refractivity contribution in [3.05, 3.63) is 69.7 Å². The van der Waals surface area contributed by atoms with Crippen LogP contribution in [0.3, 0.4) is 0 Å². The molecule has 7 heteroatoms. The monoisotopic (exact) mass is 418 g/mol. The molecule has 0 spiro atoms. The van der Waals surface area contributed by atoms with Crippen molar-refractivity contribution in [2.24, 2.45) is 0 Å². The Bertz CT molecular complexity index is 877. The number of likely N-dealkylation sites (tertiary alicyclic amines) is 1. The Labute approximate surface area is 173 Å². The van der Waals surface area contributed by atoms with Gasteiger partial charge in [0.05, 0.1) is 7.11 Å². The number of ether oxygens (including phenoxy) is 1. The molecular weight excluding hydrogens is 399 g/mol. The number of rotatable bonds is 6. The van der Waals surface area contributed by atoms with Gasteiger partial charge < -0.3 is 15.0 Å². The van der Waals surface area contributed by atoms with Crippen LogP contribution in [0.4, 0.5) is 0 Å². The van der Waals surface area contributed by atoms with Crippen molar-refractivity contribution in [2.75, 3.05) is 13.7 Å². The van der Waals surface area contributed by atoms with E-state index in [1.807, 2.05) is 24.3 Å². The zero-order chi connectivity index (χ0) is 20.1. The molecule has 2 amide bonds. The van der Waals surface area contributed by atoms with Crippen molar-refractivity contribution in [3.8, 4) is 5.75 Å². The molecule has 28 heavy (non-hydrogen) atoms. The van der Waals surface area contributed by atoms with Crippen molar-refractivity contribution in [1.82, 2.24) is 10.2 Å². The summed E-state index contributed by atoms with van der Waals surface area (Å²) >= 11 is 12.2. The van der Waals surface area contributed by atoms with Crippen molar-refractivity contribution < 1.29 is 14.3 Å². The minimum absolute atomic E-state index is 0.0895. The molecule has 0 aliphatic carbocycles. The van der Waals surface area contributed by atoms with Gasteiger partial charge in [0, 0.05) is 34.8 Å². The van der Waals surface area contributed by atoms with Gasteiger partial charge in [0.1, 0.15) is 11.8 Å². The van der Waals surface area contributed by atoms with Crippen LogP contribution in [-0.4, -0.2) is 36.4 Å². The fourth-order valence-corrected chi connectivity index (χ4v) is 3.55. The molecule has 1 saturated heterocycles. The fraction of sp³-hybridized carbons (Fsp3) is 0.238. The number of carbonyl (C=O) groups excluding carboxylic acids is 2. The molecule has 1 aliphatic rings. The van der Waals surface area contributed by atoms with Crippen LogP contribution in [0.2, 0.25) is 10.0 Å². The largest absolute Gasteiger partial charge is 0.497 e. The molecule has 1 heterocycles. The summed E-state index contributed by atoms with van der Waals surface area (Å²) in [7, 11) is 1.61. The minimum atomic E-state index is -0.530. The van der Waals surface area contributed by atoms with E-state index in [2.05, 4.69) is 5.32 Å². The van der Waals surface area contributed by atoms with E-state index in [1.165, 1.54) is 6.08 Å². The highest BCUT2D eigenvalue weighted by Crippen LogP contribution is 2.25. The summed E-state index contributed by atoms with van der Waals surface area (Å²) in [6.07, 6.45) is 3.46. The second kappa shape index (κ2) is 9.13. The Morgan fingerprint density at radius 2 is 1.89 bits per heavy atom. The van der Waals surface area contributed by atoms with Gasteiger partial charge in [-0.1, -0.05) is 41.4 Å². The van der Waals surface area contributed by atoms with Gasteiger partial charge in [-0.3, -0.25) is 9.59 Å². The summed E-state index contributed by atoms with van der Waals surface area (Å²) in [5.41, 5.74) is 1.58. The summed E-state index contributed by atoms with van der Waals surface area (Å²) in [4.78, 5) is 26.5. The highest BCUT2D eigenvalue weighted by atomic mass is 35.5. The quantitative estimate of drug-likeness (QED) is 0.722. The molecule has 0 bridgehead atoms. The van der Waals surface area contributed by atoms with Gasteiger partial charge in [-0.25, -0.2) is 0 Å². The number of amides is 2. The molecule has 0 saturated carbocycles. The van der Waals surface area contributed by atoms with Crippen molar-refractivity contribution >= 4 is 41.1 Å². The van der Waals surface area contributed by atoms with Gasteiger partial charge in [-0.2, -0.15) is 0 Å². The van der Waals surface area contributed by atoms with Crippen molar-refractivity contribution in [1.29, 1.82) is 0 Å². The molecule has 146 valence electrons. The molecule has 0 radical (unpaired) electrons. The van der Waals surface area contributed by atoms with Crippen molar-refractivity contribution in [3.63, 3.8) is 0 Å². The highest BCUT2D eigenvalue weighted by molar-refractivity contribution is 6.37. The number of hydrogen-bond acceptors (Lipinski definition) is 3. The predicted molar refractivity (Wildman–Crippen MR) is 110 cm³/mol. The number of halogens is 2. The normalized spacial score (nSPS) is 16.6. The average Bonchev–Trinajstić information content (AvgIpc) is 3.01. The second-order valence-corrected chi connectivity index (χ2v) is 7.24. The lowest BCUT2D eigenvalue weighted by molar-refractivity contribution is -0.132. The lowest BCUT2D eigenvalue weighted by Crippen LogP contribution is -2.40. The van der Waals surface area contributed by atoms with Crippen LogP contribution >= 0.6 is 23.2 Å². The number of methoxy groups -OCH3 is 1. The maximum atomic E-state index is 12.6. The summed E-state index contributed by atoms with van der Waals surface area (Å²) in [6.45, 7) is 1.09. The topological polar surface area (TPSA) is 58.6 Å². The van der Waals surface area contributed by atoms with E-state index in [0.29, 0.717) is 35.1 Å². The zero-order valence-corrected chi connectivity index (χ0v) is 16.8. The van der Waals surface area contributed by atoms with Gasteiger partial charge in [-0.05, 0) is 42.3 Å². The first-order valence-electron chi connectivity index (χ1n) is 8.82. The van der Waals surface area contributed by atoms with Crippen LogP contribution in [0.25, 0.3) is 6.08 Å². The first-order valence-corrected chi connectivity index (χ1v) is 9.58. The van der Waals surface area contributed by atoms with Crippen LogP contribution in [0, 0.1) is 0 Å². The zero-order valence-electron chi connectivity index (χ0n) is 15.3. The molecule has 1 fully saturated rings. The SMILES string of the molecule is COc1ccc(CN2CCC(NC(=O)C=Cc3c(Cl)cccc3Cl)C2=O)cc1. The Morgan fingerprint density at radius 3 is 2.54 bits per heavy atom. The van der Waals surface area contributed by atoms with Gasteiger partial charge in [0.25, 0.3) is 0 Å². The van der Waals surface area contributed by atoms with Crippen LogP contribution < -0.4 is 10.1 Å². The van der Waals surface area contributed by atoms with Crippen LogP contribution in [0.15, 0.2) is 48.5 Å². The molecule has 1 atom stereocenters. The third-order valence-electron chi connectivity index (χ3n) is 4.55. The van der Waals surface area contributed by atoms with Crippen LogP contribution in [-0.2, 0) is 16.1 Å². The smallest absolute Gasteiger partial charge is 0.245 e. The van der Waals surface area contributed by atoms with E-state index in [4.69, 9.17) is 27.9 Å². The molecule has 2 aromatic carbocycles. The summed E-state index contributed by atoms with van der Waals surface area (Å²) < 4.78 is 5.14. The fourth-order valence-electron chi connectivity index (χ4n) is 3.03. The van der Waals surface area contributed by atoms with E-state index in [9.17, 15) is 9.59 Å². The molecule has 1 aliphatic heterocycles. The maximum absolute atomic E-state index is 12.6. The molecule has 2 aromatic rings. The molecule has 1 unspecified atom stereocenters. The third-order valence-corrected chi connectivity index (χ3v) is 5.21. The number of nitrogens with zero attached hydrogens (tertiary/aromatic N) is 1. The molecule has 1 N–H and O–H groups in total. The van der Waals surface area contributed by atoms with Crippen molar-refractivity contribution in [2.45, 2.75) is 19.0 Å². The maximum Gasteiger partial charge on any atom is 0.245 e. The van der Waals surface area contributed by atoms with Crippen LogP contribution in [0.5, 0.6) is 5.75 Å². The van der Waals surface area contributed by atoms with Gasteiger partial charge in [0.2, 0.25) is 11.8 Å². The number of benzene rings is 2. The van der Waals surface area contributed by atoms with E-state index in [0.717, 1.165) is 11.3 Å². The van der Waals surface area contributed by atoms with E-state index in [1.54, 1.807) is 36.3 Å². The Morgan fingerprint density at radius 1 is 1.21 bits per heavy atom. The highest BCUT2D eigenvalue weighted by Gasteiger charge is 2.32. The van der Waals surface area contributed by atoms with Crippen LogP contribution in [0.1, 0.15) is 17.5 Å². The Hall–Kier alpha value is -2.50. The molecular formula is C21H20Cl2N2O3. The Balaban J connectivity index is 1.57. The first-order chi connectivity index (χ1) is 13.5. The summed E-state index contributed by atoms with van der Waals surface area (Å²) in [6, 6.07) is 12.2. The number of carbonyl (C=O) groups is 2. The number of hydrogen-bond donors (Lipinski definition) is 1. The summed E-state index contributed by atoms with van der Waals surface area (Å²) in [5, 5.41) is 3.66. The lowest BCUT2D eigenvalue weighted by Gasteiger charge is -2.17. The molecule has 0 aromatic heterocycles. The molecule has 3 rings (SSSR count). The van der Waals surface area contributed by atoms with Gasteiger partial charge in [0.15, 0.2) is 0 Å². The van der Waals surface area contributed by atoms with E-state index >= 15 is 0 Å². The predicted octanol–water partition coefficient (Wildman–Crippen LogP) is 3.93. The average molecular weight is 419 g/mol. The Kier molecular flexibility index (Phi) is 6.60. The second-order valence-electron chi connectivity index (χ2n) is 6.43.